The second-order valence-electron chi connectivity index (χ2n) is 3.16. The fourth-order valence-electron chi connectivity index (χ4n) is 1.33. The molecule has 9 heteroatoms. The third kappa shape index (κ3) is 2.95. The van der Waals surface area contributed by atoms with Crippen LogP contribution in [0.3, 0.4) is 0 Å². The Morgan fingerprint density at radius 1 is 1.44 bits per heavy atom. The zero-order valence-electron chi connectivity index (χ0n) is 8.43. The van der Waals surface area contributed by atoms with E-state index in [-0.39, 0.29) is 6.07 Å². The van der Waals surface area contributed by atoms with Crippen LogP contribution in [-0.4, -0.2) is 16.1 Å². The lowest BCUT2D eigenvalue weighted by atomic mass is 10.1. The topological polar surface area (TPSA) is 50.2 Å². The molecule has 18 heavy (non-hydrogen) atoms. The summed E-state index contributed by atoms with van der Waals surface area (Å²) in [5.41, 5.74) is -4.62. The van der Waals surface area contributed by atoms with Crippen LogP contribution in [-0.2, 0) is 11.5 Å². The number of nitrogens with zero attached hydrogens (tertiary/aromatic N) is 1. The molecule has 1 heterocycles. The van der Waals surface area contributed by atoms with Crippen molar-refractivity contribution in [1.29, 1.82) is 0 Å². The molecule has 0 unspecified atom stereocenters. The van der Waals surface area contributed by atoms with E-state index in [1.165, 1.54) is 0 Å². The summed E-state index contributed by atoms with van der Waals surface area (Å²) in [7, 11) is 0. The third-order valence-electron chi connectivity index (χ3n) is 1.99. The molecular weight excluding hydrogens is 329 g/mol. The fraction of sp³-hybridized carbons (Fsp3) is 0.333. The minimum atomic E-state index is -5.03. The number of aromatic carboxylic acids is 1. The maximum absolute atomic E-state index is 12.6. The molecule has 1 aromatic heterocycles. The molecule has 0 atom stereocenters. The van der Waals surface area contributed by atoms with E-state index >= 15 is 0 Å². The normalized spacial score (nSPS) is 11.9. The van der Waals surface area contributed by atoms with Crippen molar-refractivity contribution in [1.82, 2.24) is 4.98 Å². The van der Waals surface area contributed by atoms with Gasteiger partial charge in [0.2, 0.25) is 0 Å². The first-order chi connectivity index (χ1) is 8.18. The summed E-state index contributed by atoms with van der Waals surface area (Å²) < 4.78 is 63.1. The Morgan fingerprint density at radius 3 is 2.33 bits per heavy atom. The molecule has 1 aromatic rings. The molecule has 0 radical (unpaired) electrons. The van der Waals surface area contributed by atoms with Crippen molar-refractivity contribution in [2.75, 3.05) is 0 Å². The average Bonchev–Trinajstić information content (AvgIpc) is 2.25. The van der Waals surface area contributed by atoms with E-state index in [1.54, 1.807) is 0 Å². The Kier molecular flexibility index (Phi) is 4.25. The molecule has 0 fully saturated rings. The van der Waals surface area contributed by atoms with Crippen molar-refractivity contribution in [3.05, 3.63) is 28.6 Å². The molecule has 0 spiro atoms. The number of aromatic nitrogens is 1. The molecule has 0 aliphatic rings. The highest BCUT2D eigenvalue weighted by Gasteiger charge is 2.39. The highest BCUT2D eigenvalue weighted by Crippen LogP contribution is 2.39. The molecule has 1 N–H and O–H groups in total. The van der Waals surface area contributed by atoms with Gasteiger partial charge >= 0.3 is 12.1 Å². The van der Waals surface area contributed by atoms with Crippen molar-refractivity contribution < 1.29 is 31.9 Å². The maximum atomic E-state index is 12.6. The number of pyridine rings is 1. The van der Waals surface area contributed by atoms with Gasteiger partial charge in [0, 0.05) is 10.9 Å². The maximum Gasteiger partial charge on any atom is 0.418 e. The van der Waals surface area contributed by atoms with E-state index in [9.17, 15) is 26.7 Å². The lowest BCUT2D eigenvalue weighted by Crippen LogP contribution is -2.17. The van der Waals surface area contributed by atoms with E-state index < -0.39 is 46.4 Å². The van der Waals surface area contributed by atoms with Crippen LogP contribution in [0.15, 0.2) is 6.07 Å². The number of hydrogen-bond acceptors (Lipinski definition) is 2. The number of carboxylic acids is 1. The van der Waals surface area contributed by atoms with Crippen LogP contribution in [0.2, 0.25) is 0 Å². The van der Waals surface area contributed by atoms with Crippen molar-refractivity contribution in [3.8, 4) is 0 Å². The molecular formula is C9H5BrF5NO2. The molecule has 3 nitrogen and oxygen atoms in total. The van der Waals surface area contributed by atoms with Gasteiger partial charge in [-0.1, -0.05) is 15.9 Å². The molecule has 0 aliphatic heterocycles. The zero-order valence-corrected chi connectivity index (χ0v) is 10.0. The van der Waals surface area contributed by atoms with Gasteiger partial charge in [0.25, 0.3) is 6.43 Å². The lowest BCUT2D eigenvalue weighted by molar-refractivity contribution is -0.140. The van der Waals surface area contributed by atoms with Gasteiger partial charge < -0.3 is 5.11 Å². The summed E-state index contributed by atoms with van der Waals surface area (Å²) in [5.74, 6) is -1.67. The molecule has 0 aliphatic carbocycles. The number of rotatable bonds is 3. The smallest absolute Gasteiger partial charge is 0.418 e. The Hall–Kier alpha value is -1.25. The quantitative estimate of drug-likeness (QED) is 0.678. The van der Waals surface area contributed by atoms with Gasteiger partial charge in [-0.25, -0.2) is 18.6 Å². The van der Waals surface area contributed by atoms with Gasteiger partial charge in [0.1, 0.15) is 5.69 Å². The van der Waals surface area contributed by atoms with E-state index in [0.717, 1.165) is 0 Å². The van der Waals surface area contributed by atoms with Crippen LogP contribution in [0, 0.1) is 0 Å². The van der Waals surface area contributed by atoms with Crippen LogP contribution >= 0.6 is 15.9 Å². The summed E-state index contributed by atoms with van der Waals surface area (Å²) in [6.07, 6.45) is -8.47. The minimum Gasteiger partial charge on any atom is -0.477 e. The number of hydrogen-bond donors (Lipinski definition) is 1. The molecule has 1 rings (SSSR count). The first-order valence-corrected chi connectivity index (χ1v) is 5.49. The van der Waals surface area contributed by atoms with Crippen molar-refractivity contribution in [2.24, 2.45) is 0 Å². The largest absolute Gasteiger partial charge is 0.477 e. The van der Waals surface area contributed by atoms with Gasteiger partial charge in [0.05, 0.1) is 11.3 Å². The van der Waals surface area contributed by atoms with Gasteiger partial charge in [-0.05, 0) is 6.07 Å². The highest BCUT2D eigenvalue weighted by atomic mass is 79.9. The summed E-state index contributed by atoms with van der Waals surface area (Å²) in [4.78, 5) is 13.8. The van der Waals surface area contributed by atoms with Crippen LogP contribution in [0.1, 0.15) is 33.7 Å². The number of alkyl halides is 6. The average molecular weight is 334 g/mol. The van der Waals surface area contributed by atoms with Gasteiger partial charge in [-0.15, -0.1) is 0 Å². The Bertz CT molecular complexity index is 475. The standard InChI is InChI=1S/C9H5BrF5NO2/c10-2-5-6(9(13,14)15)3(7(11)12)1-4(16-5)8(17)18/h1,7H,2H2,(H,17,18). The van der Waals surface area contributed by atoms with E-state index in [0.29, 0.717) is 0 Å². The first kappa shape index (κ1) is 14.8. The SMILES string of the molecule is O=C(O)c1cc(C(F)F)c(C(F)(F)F)c(CBr)n1. The van der Waals surface area contributed by atoms with Crippen LogP contribution < -0.4 is 0 Å². The molecule has 100 valence electrons. The Labute approximate surface area is 106 Å². The van der Waals surface area contributed by atoms with E-state index in [2.05, 4.69) is 20.9 Å². The lowest BCUT2D eigenvalue weighted by Gasteiger charge is -2.16. The predicted molar refractivity (Wildman–Crippen MR) is 53.8 cm³/mol. The number of halogens is 6. The molecule has 0 aromatic carbocycles. The van der Waals surface area contributed by atoms with Crippen molar-refractivity contribution in [2.45, 2.75) is 17.9 Å². The molecule has 0 bridgehead atoms. The van der Waals surface area contributed by atoms with Gasteiger partial charge in [0.15, 0.2) is 0 Å². The van der Waals surface area contributed by atoms with Gasteiger partial charge in [-0.3, -0.25) is 0 Å². The Morgan fingerprint density at radius 2 is 2.00 bits per heavy atom. The molecule has 0 saturated carbocycles. The first-order valence-electron chi connectivity index (χ1n) is 4.37. The minimum absolute atomic E-state index is 0.238. The summed E-state index contributed by atoms with van der Waals surface area (Å²) in [5, 5.41) is 8.12. The van der Waals surface area contributed by atoms with Crippen LogP contribution in [0.4, 0.5) is 22.0 Å². The van der Waals surface area contributed by atoms with E-state index in [1.807, 2.05) is 0 Å². The van der Waals surface area contributed by atoms with E-state index in [4.69, 9.17) is 5.11 Å². The zero-order chi connectivity index (χ0) is 14.1. The second-order valence-corrected chi connectivity index (χ2v) is 3.72. The number of carboxylic acid groups (broad SMARTS) is 1. The summed E-state index contributed by atoms with van der Waals surface area (Å²) >= 11 is 2.67. The third-order valence-corrected chi connectivity index (χ3v) is 2.52. The monoisotopic (exact) mass is 333 g/mol. The highest BCUT2D eigenvalue weighted by molar-refractivity contribution is 9.08. The number of carbonyl (C=O) groups is 1. The van der Waals surface area contributed by atoms with Crippen molar-refractivity contribution in [3.63, 3.8) is 0 Å². The predicted octanol–water partition coefficient (Wildman–Crippen LogP) is 3.63. The van der Waals surface area contributed by atoms with Crippen LogP contribution in [0.25, 0.3) is 0 Å². The van der Waals surface area contributed by atoms with Crippen LogP contribution in [0.5, 0.6) is 0 Å². The molecule has 0 amide bonds. The van der Waals surface area contributed by atoms with Crippen molar-refractivity contribution >= 4 is 21.9 Å². The Balaban J connectivity index is 3.62. The van der Waals surface area contributed by atoms with Gasteiger partial charge in [-0.2, -0.15) is 13.2 Å². The second kappa shape index (κ2) is 5.17. The summed E-state index contributed by atoms with van der Waals surface area (Å²) in [6.45, 7) is 0. The summed E-state index contributed by atoms with van der Waals surface area (Å²) in [6, 6.07) is 0.238. The molecule has 0 saturated heterocycles. The fourth-order valence-corrected chi connectivity index (χ4v) is 1.73.